The molecule has 3 aromatic rings. The van der Waals surface area contributed by atoms with E-state index >= 15 is 0 Å². The van der Waals surface area contributed by atoms with Crippen molar-refractivity contribution in [2.75, 3.05) is 46.4 Å². The van der Waals surface area contributed by atoms with Crippen LogP contribution in [0.3, 0.4) is 0 Å². The molecule has 0 radical (unpaired) electrons. The van der Waals surface area contributed by atoms with Crippen molar-refractivity contribution < 1.29 is 9.53 Å². The van der Waals surface area contributed by atoms with E-state index < -0.39 is 0 Å². The van der Waals surface area contributed by atoms with E-state index in [0.29, 0.717) is 17.9 Å². The Morgan fingerprint density at radius 2 is 1.37 bits per heavy atom. The summed E-state index contributed by atoms with van der Waals surface area (Å²) in [4.78, 5) is 17.5. The lowest BCUT2D eigenvalue weighted by molar-refractivity contribution is 0.0938. The Bertz CT molecular complexity index is 973. The molecule has 0 aromatic heterocycles. The van der Waals surface area contributed by atoms with Crippen LogP contribution in [0.15, 0.2) is 84.9 Å². The van der Waals surface area contributed by atoms with Gasteiger partial charge in [0.1, 0.15) is 5.75 Å². The van der Waals surface area contributed by atoms with Crippen molar-refractivity contribution in [1.82, 2.24) is 15.1 Å². The predicted molar refractivity (Wildman–Crippen MR) is 147 cm³/mol. The van der Waals surface area contributed by atoms with Gasteiger partial charge in [-0.05, 0) is 36.2 Å². The fourth-order valence-electron chi connectivity index (χ4n) is 4.56. The average Bonchev–Trinajstić information content (AvgIpc) is 2.89. The van der Waals surface area contributed by atoms with Gasteiger partial charge in [-0.25, -0.2) is 0 Å². The lowest BCUT2D eigenvalue weighted by Gasteiger charge is -2.39. The van der Waals surface area contributed by atoms with Gasteiger partial charge < -0.3 is 15.0 Å². The second-order valence-corrected chi connectivity index (χ2v) is 8.41. The maximum Gasteiger partial charge on any atom is 0.255 e. The molecule has 0 aliphatic carbocycles. The second-order valence-electron chi connectivity index (χ2n) is 8.41. The minimum absolute atomic E-state index is 0. The third-order valence-electron chi connectivity index (χ3n) is 6.29. The van der Waals surface area contributed by atoms with Crippen LogP contribution >= 0.6 is 24.8 Å². The van der Waals surface area contributed by atoms with Crippen molar-refractivity contribution in [3.63, 3.8) is 0 Å². The smallest absolute Gasteiger partial charge is 0.255 e. The Kier molecular flexibility index (Phi) is 12.1. The number of amides is 1. The highest BCUT2D eigenvalue weighted by molar-refractivity contribution is 5.96. The molecule has 4 rings (SSSR count). The van der Waals surface area contributed by atoms with Gasteiger partial charge in [0, 0.05) is 32.7 Å². The number of carbonyl (C=O) groups is 1. The molecule has 0 bridgehead atoms. The van der Waals surface area contributed by atoms with Crippen molar-refractivity contribution in [2.45, 2.75) is 12.5 Å². The number of carbonyl (C=O) groups excluding carboxylic acids is 1. The van der Waals surface area contributed by atoms with Gasteiger partial charge in [0.2, 0.25) is 0 Å². The first-order chi connectivity index (χ1) is 16.3. The van der Waals surface area contributed by atoms with E-state index in [2.05, 4.69) is 75.8 Å². The molecule has 7 heteroatoms. The van der Waals surface area contributed by atoms with Crippen LogP contribution in [0, 0.1) is 0 Å². The molecule has 1 fully saturated rings. The number of piperazine rings is 1. The van der Waals surface area contributed by atoms with Gasteiger partial charge in [0.05, 0.1) is 18.7 Å². The number of hydrogen-bond donors (Lipinski definition) is 1. The highest BCUT2D eigenvalue weighted by atomic mass is 35.5. The number of benzene rings is 3. The van der Waals surface area contributed by atoms with Crippen molar-refractivity contribution in [2.24, 2.45) is 0 Å². The summed E-state index contributed by atoms with van der Waals surface area (Å²) in [5, 5.41) is 3.03. The molecule has 0 unspecified atom stereocenters. The largest absolute Gasteiger partial charge is 0.496 e. The highest BCUT2D eigenvalue weighted by Crippen LogP contribution is 2.29. The molecule has 1 N–H and O–H groups in total. The van der Waals surface area contributed by atoms with Gasteiger partial charge in [-0.1, -0.05) is 72.8 Å². The van der Waals surface area contributed by atoms with Crippen LogP contribution in [-0.4, -0.2) is 62.1 Å². The first-order valence-electron chi connectivity index (χ1n) is 11.7. The summed E-state index contributed by atoms with van der Waals surface area (Å²) in [5.41, 5.74) is 3.27. The Balaban J connectivity index is 0.00000216. The number of nitrogens with zero attached hydrogens (tertiary/aromatic N) is 2. The number of ether oxygens (including phenoxy) is 1. The maximum atomic E-state index is 12.5. The van der Waals surface area contributed by atoms with Crippen molar-refractivity contribution in [3.05, 3.63) is 102 Å². The zero-order valence-electron chi connectivity index (χ0n) is 20.1. The minimum Gasteiger partial charge on any atom is -0.496 e. The monoisotopic (exact) mass is 515 g/mol. The molecule has 1 saturated heterocycles. The molecular weight excluding hydrogens is 481 g/mol. The molecule has 1 aliphatic rings. The number of rotatable bonds is 9. The fraction of sp³-hybridized carbons (Fsp3) is 0.321. The summed E-state index contributed by atoms with van der Waals surface area (Å²) >= 11 is 0. The third kappa shape index (κ3) is 7.71. The van der Waals surface area contributed by atoms with E-state index in [9.17, 15) is 4.79 Å². The number of nitrogens with one attached hydrogen (secondary N) is 1. The number of hydrogen-bond acceptors (Lipinski definition) is 4. The highest BCUT2D eigenvalue weighted by Gasteiger charge is 2.26. The SMILES string of the molecule is COc1ccccc1C(=O)NCCCN1CCN(C(c2ccccc2)c2ccccc2)CC1.Cl.Cl. The summed E-state index contributed by atoms with van der Waals surface area (Å²) in [6, 6.07) is 29.2. The van der Waals surface area contributed by atoms with Gasteiger partial charge >= 0.3 is 0 Å². The van der Waals surface area contributed by atoms with Crippen molar-refractivity contribution in [3.8, 4) is 5.75 Å². The van der Waals surface area contributed by atoms with Gasteiger partial charge in [-0.3, -0.25) is 9.69 Å². The topological polar surface area (TPSA) is 44.8 Å². The third-order valence-corrected chi connectivity index (χ3v) is 6.29. The Hall–Kier alpha value is -2.57. The van der Waals surface area contributed by atoms with Gasteiger partial charge in [0.25, 0.3) is 5.91 Å². The molecule has 5 nitrogen and oxygen atoms in total. The molecule has 1 heterocycles. The number of methoxy groups -OCH3 is 1. The quantitative estimate of drug-likeness (QED) is 0.404. The first kappa shape index (κ1) is 28.7. The van der Waals surface area contributed by atoms with Crippen LogP contribution in [0.2, 0.25) is 0 Å². The van der Waals surface area contributed by atoms with Gasteiger partial charge in [-0.2, -0.15) is 0 Å². The van der Waals surface area contributed by atoms with Gasteiger partial charge in [-0.15, -0.1) is 24.8 Å². The molecule has 0 spiro atoms. The van der Waals surface area contributed by atoms with E-state index in [4.69, 9.17) is 4.74 Å². The van der Waals surface area contributed by atoms with Crippen molar-refractivity contribution >= 4 is 30.7 Å². The summed E-state index contributed by atoms with van der Waals surface area (Å²) in [6.07, 6.45) is 0.932. The maximum absolute atomic E-state index is 12.5. The number of halogens is 2. The Morgan fingerprint density at radius 1 is 0.829 bits per heavy atom. The normalized spacial score (nSPS) is 14.0. The van der Waals surface area contributed by atoms with Gasteiger partial charge in [0.15, 0.2) is 0 Å². The molecular formula is C28H35Cl2N3O2. The van der Waals surface area contributed by atoms with Crippen LogP contribution < -0.4 is 10.1 Å². The average molecular weight is 517 g/mol. The molecule has 35 heavy (non-hydrogen) atoms. The van der Waals surface area contributed by atoms with E-state index in [0.717, 1.165) is 39.1 Å². The summed E-state index contributed by atoms with van der Waals surface area (Å²) in [5.74, 6) is 0.531. The Morgan fingerprint density at radius 3 is 1.94 bits per heavy atom. The minimum atomic E-state index is -0.0779. The summed E-state index contributed by atoms with van der Waals surface area (Å²) in [6.45, 7) is 5.78. The van der Waals surface area contributed by atoms with Crippen LogP contribution in [0.1, 0.15) is 33.9 Å². The predicted octanol–water partition coefficient (Wildman–Crippen LogP) is 5.07. The van der Waals surface area contributed by atoms with E-state index in [-0.39, 0.29) is 36.8 Å². The zero-order valence-corrected chi connectivity index (χ0v) is 21.8. The molecule has 1 amide bonds. The molecule has 3 aromatic carbocycles. The van der Waals surface area contributed by atoms with Crippen LogP contribution in [0.4, 0.5) is 0 Å². The second kappa shape index (κ2) is 14.7. The number of para-hydroxylation sites is 1. The lowest BCUT2D eigenvalue weighted by Crippen LogP contribution is -2.48. The van der Waals surface area contributed by atoms with E-state index in [1.54, 1.807) is 13.2 Å². The first-order valence-corrected chi connectivity index (χ1v) is 11.7. The van der Waals surface area contributed by atoms with Crippen LogP contribution in [0.5, 0.6) is 5.75 Å². The zero-order chi connectivity index (χ0) is 22.9. The standard InChI is InChI=1S/C28H33N3O2.2ClH/c1-33-26-16-9-8-15-25(26)28(32)29-17-10-18-30-19-21-31(22-20-30)27(23-11-4-2-5-12-23)24-13-6-3-7-14-24;;/h2-9,11-16,27H,10,17-22H2,1H3,(H,29,32);2*1H. The molecule has 0 saturated carbocycles. The lowest BCUT2D eigenvalue weighted by atomic mass is 9.96. The Labute approximate surface area is 221 Å². The summed E-state index contributed by atoms with van der Waals surface area (Å²) in [7, 11) is 1.59. The van der Waals surface area contributed by atoms with Crippen LogP contribution in [0.25, 0.3) is 0 Å². The molecule has 1 aliphatic heterocycles. The molecule has 188 valence electrons. The van der Waals surface area contributed by atoms with E-state index in [1.807, 2.05) is 18.2 Å². The van der Waals surface area contributed by atoms with Crippen LogP contribution in [-0.2, 0) is 0 Å². The van der Waals surface area contributed by atoms with E-state index in [1.165, 1.54) is 11.1 Å². The fourth-order valence-corrected chi connectivity index (χ4v) is 4.56. The van der Waals surface area contributed by atoms with Crippen molar-refractivity contribution in [1.29, 1.82) is 0 Å². The molecule has 0 atom stereocenters. The summed E-state index contributed by atoms with van der Waals surface area (Å²) < 4.78 is 5.29.